The summed E-state index contributed by atoms with van der Waals surface area (Å²) in [5.74, 6) is 2.79. The lowest BCUT2D eigenvalue weighted by atomic mass is 9.86. The number of ether oxygens (including phenoxy) is 1. The molecule has 3 aromatic rings. The van der Waals surface area contributed by atoms with Crippen LogP contribution in [0.5, 0.6) is 5.75 Å². The summed E-state index contributed by atoms with van der Waals surface area (Å²) in [5, 5.41) is 26.2. The molecule has 4 N–H and O–H groups in total. The van der Waals surface area contributed by atoms with Crippen molar-refractivity contribution >= 4 is 17.4 Å². The number of hydrogen-bond acceptors (Lipinski definition) is 9. The van der Waals surface area contributed by atoms with Gasteiger partial charge in [-0.05, 0) is 62.4 Å². The number of Topliss-reactive ketones (excluding diaryl/α,β-unsaturated/α-hetero) is 1. The van der Waals surface area contributed by atoms with Crippen molar-refractivity contribution in [2.75, 3.05) is 25.5 Å². The Hall–Kier alpha value is -3.81. The van der Waals surface area contributed by atoms with Crippen molar-refractivity contribution in [1.29, 1.82) is 5.26 Å². The number of piperidine rings is 1. The molecule has 10 heteroatoms. The minimum Gasteiger partial charge on any atom is -0.496 e. The molecule has 1 aliphatic carbocycles. The van der Waals surface area contributed by atoms with Crippen molar-refractivity contribution in [1.82, 2.24) is 30.8 Å². The lowest BCUT2D eigenvalue weighted by molar-refractivity contribution is -0.123. The van der Waals surface area contributed by atoms with Crippen LogP contribution < -0.4 is 20.7 Å². The van der Waals surface area contributed by atoms with Crippen molar-refractivity contribution in [3.8, 4) is 23.1 Å². The van der Waals surface area contributed by atoms with Crippen LogP contribution in [0.2, 0.25) is 0 Å². The van der Waals surface area contributed by atoms with E-state index < -0.39 is 0 Å². The third kappa shape index (κ3) is 5.53. The van der Waals surface area contributed by atoms with Crippen LogP contribution in [0.3, 0.4) is 0 Å². The summed E-state index contributed by atoms with van der Waals surface area (Å²) in [6.45, 7) is 2.56. The summed E-state index contributed by atoms with van der Waals surface area (Å²) in [5.41, 5.74) is 2.97. The molecule has 3 heterocycles. The Balaban J connectivity index is 1.27. The summed E-state index contributed by atoms with van der Waals surface area (Å²) in [4.78, 5) is 21.2. The first-order chi connectivity index (χ1) is 17.6. The van der Waals surface area contributed by atoms with Gasteiger partial charge in [0.2, 0.25) is 0 Å². The van der Waals surface area contributed by atoms with Crippen molar-refractivity contribution in [2.24, 2.45) is 11.8 Å². The number of H-pyrrole nitrogens is 1. The molecule has 0 radical (unpaired) electrons. The predicted molar refractivity (Wildman–Crippen MR) is 135 cm³/mol. The van der Waals surface area contributed by atoms with Gasteiger partial charge in [0.15, 0.2) is 17.3 Å². The van der Waals surface area contributed by atoms with Crippen LogP contribution in [0.1, 0.15) is 36.9 Å². The van der Waals surface area contributed by atoms with Crippen LogP contribution in [0.4, 0.5) is 11.6 Å². The first-order valence-corrected chi connectivity index (χ1v) is 12.3. The summed E-state index contributed by atoms with van der Waals surface area (Å²) in [7, 11) is 1.65. The molecule has 2 aliphatic rings. The number of carbonyl (C=O) groups is 1. The summed E-state index contributed by atoms with van der Waals surface area (Å²) < 4.78 is 5.69. The summed E-state index contributed by atoms with van der Waals surface area (Å²) in [6, 6.07) is 9.76. The monoisotopic (exact) mass is 486 g/mol. The van der Waals surface area contributed by atoms with Crippen molar-refractivity contribution in [3.05, 3.63) is 47.9 Å². The van der Waals surface area contributed by atoms with Gasteiger partial charge in [-0.3, -0.25) is 9.89 Å². The first kappa shape index (κ1) is 23.9. The van der Waals surface area contributed by atoms with E-state index in [0.29, 0.717) is 29.9 Å². The zero-order valence-electron chi connectivity index (χ0n) is 20.3. The van der Waals surface area contributed by atoms with E-state index in [1.165, 1.54) is 12.4 Å². The molecule has 0 amide bonds. The highest BCUT2D eigenvalue weighted by molar-refractivity contribution is 5.88. The molecule has 0 bridgehead atoms. The highest BCUT2D eigenvalue weighted by Gasteiger charge is 2.38. The highest BCUT2D eigenvalue weighted by atomic mass is 16.5. The average molecular weight is 487 g/mol. The number of anilines is 2. The number of aromatic amines is 1. The van der Waals surface area contributed by atoms with E-state index in [0.717, 1.165) is 61.3 Å². The fourth-order valence-corrected chi connectivity index (χ4v) is 4.70. The maximum absolute atomic E-state index is 13.0. The number of methoxy groups -OCH3 is 1. The number of ketones is 1. The van der Waals surface area contributed by atoms with Crippen LogP contribution >= 0.6 is 0 Å². The van der Waals surface area contributed by atoms with Crippen molar-refractivity contribution in [2.45, 2.75) is 38.3 Å². The molecule has 1 saturated heterocycles. The van der Waals surface area contributed by atoms with Gasteiger partial charge in [-0.15, -0.1) is 0 Å². The van der Waals surface area contributed by atoms with Gasteiger partial charge in [0.25, 0.3) is 0 Å². The number of benzene rings is 1. The number of rotatable bonds is 10. The Morgan fingerprint density at radius 1 is 1.17 bits per heavy atom. The second-order valence-electron chi connectivity index (χ2n) is 9.35. The van der Waals surface area contributed by atoms with Crippen molar-refractivity contribution in [3.63, 3.8) is 0 Å². The van der Waals surface area contributed by atoms with Gasteiger partial charge in [0.05, 0.1) is 31.2 Å². The molecule has 36 heavy (non-hydrogen) atoms. The van der Waals surface area contributed by atoms with E-state index in [9.17, 15) is 4.79 Å². The van der Waals surface area contributed by atoms with Gasteiger partial charge in [-0.25, -0.2) is 9.97 Å². The second-order valence-corrected chi connectivity index (χ2v) is 9.35. The zero-order valence-corrected chi connectivity index (χ0v) is 20.3. The van der Waals surface area contributed by atoms with Gasteiger partial charge >= 0.3 is 0 Å². The van der Waals surface area contributed by atoms with Gasteiger partial charge in [-0.2, -0.15) is 10.4 Å². The molecule has 1 atom stereocenters. The van der Waals surface area contributed by atoms with Gasteiger partial charge in [-0.1, -0.05) is 6.07 Å². The second kappa shape index (κ2) is 10.8. The number of carbonyl (C=O) groups excluding carboxylic acids is 1. The maximum atomic E-state index is 13.0. The summed E-state index contributed by atoms with van der Waals surface area (Å²) in [6.07, 6.45) is 7.01. The standard InChI is InChI=1S/C26H30N8O2/c1-36-22-10-16(13-31-25(26(35)18-3-4-18)17-6-8-28-9-7-17)2-5-20(22)21-11-23(34-33-21)32-24-15-29-19(12-27)14-30-24/h2,5,10-11,14-15,17-18,25,28,31H,3-4,6-9,13H2,1H3,(H2,30,32,33,34). The molecule has 1 saturated carbocycles. The van der Waals surface area contributed by atoms with Crippen LogP contribution in [-0.4, -0.2) is 52.2 Å². The van der Waals surface area contributed by atoms with Crippen LogP contribution in [0.15, 0.2) is 36.7 Å². The molecular weight excluding hydrogens is 456 g/mol. The van der Waals surface area contributed by atoms with E-state index in [1.807, 2.05) is 30.3 Å². The zero-order chi connectivity index (χ0) is 24.9. The molecule has 0 spiro atoms. The van der Waals surface area contributed by atoms with Gasteiger partial charge < -0.3 is 20.7 Å². The number of nitrogens with one attached hydrogen (secondary N) is 4. The smallest absolute Gasteiger partial charge is 0.158 e. The topological polar surface area (TPSA) is 141 Å². The Morgan fingerprint density at radius 2 is 2.00 bits per heavy atom. The number of hydrogen-bond donors (Lipinski definition) is 4. The molecule has 2 aromatic heterocycles. The molecule has 1 unspecified atom stereocenters. The quantitative estimate of drug-likeness (QED) is 0.340. The van der Waals surface area contributed by atoms with E-state index >= 15 is 0 Å². The van der Waals surface area contributed by atoms with Crippen LogP contribution in [0.25, 0.3) is 11.3 Å². The number of nitriles is 1. The fourth-order valence-electron chi connectivity index (χ4n) is 4.70. The molecule has 5 rings (SSSR count). The van der Waals surface area contributed by atoms with Crippen molar-refractivity contribution < 1.29 is 9.53 Å². The largest absolute Gasteiger partial charge is 0.496 e. The Labute approximate surface area is 209 Å². The average Bonchev–Trinajstić information content (AvgIpc) is 3.68. The van der Waals surface area contributed by atoms with E-state index in [1.54, 1.807) is 7.11 Å². The molecule has 1 aliphatic heterocycles. The van der Waals surface area contributed by atoms with Gasteiger partial charge in [0, 0.05) is 24.1 Å². The first-order valence-electron chi connectivity index (χ1n) is 12.3. The third-order valence-corrected chi connectivity index (χ3v) is 6.82. The fraction of sp³-hybridized carbons (Fsp3) is 0.423. The Bertz CT molecular complexity index is 1240. The lowest BCUT2D eigenvalue weighted by Gasteiger charge is -2.30. The minimum atomic E-state index is -0.0863. The Kier molecular flexibility index (Phi) is 7.21. The minimum absolute atomic E-state index is 0.0863. The van der Waals surface area contributed by atoms with E-state index in [2.05, 4.69) is 36.1 Å². The molecule has 2 fully saturated rings. The molecule has 1 aromatic carbocycles. The molecular formula is C26H30N8O2. The SMILES string of the molecule is COc1cc(CNC(C(=O)C2CC2)C2CCNCC2)ccc1-c1cc(Nc2cnc(C#N)cn2)n[nH]1. The van der Waals surface area contributed by atoms with Crippen LogP contribution in [0, 0.1) is 23.2 Å². The molecule has 186 valence electrons. The number of aromatic nitrogens is 4. The van der Waals surface area contributed by atoms with E-state index in [4.69, 9.17) is 10.00 Å². The lowest BCUT2D eigenvalue weighted by Crippen LogP contribution is -2.47. The van der Waals surface area contributed by atoms with Gasteiger partial charge in [0.1, 0.15) is 17.6 Å². The highest BCUT2D eigenvalue weighted by Crippen LogP contribution is 2.34. The maximum Gasteiger partial charge on any atom is 0.158 e. The van der Waals surface area contributed by atoms with Crippen LogP contribution in [-0.2, 0) is 11.3 Å². The third-order valence-electron chi connectivity index (χ3n) is 6.82. The summed E-state index contributed by atoms with van der Waals surface area (Å²) >= 11 is 0. The normalized spacial score (nSPS) is 16.8. The molecule has 10 nitrogen and oxygen atoms in total. The number of nitrogens with zero attached hydrogens (tertiary/aromatic N) is 4. The predicted octanol–water partition coefficient (Wildman–Crippen LogP) is 2.93. The Morgan fingerprint density at radius 3 is 2.69 bits per heavy atom. The van der Waals surface area contributed by atoms with E-state index in [-0.39, 0.29) is 17.7 Å².